The second-order valence-electron chi connectivity index (χ2n) is 4.95. The van der Waals surface area contributed by atoms with Gasteiger partial charge in [0.15, 0.2) is 18.9 Å². The molecule has 2 N–H and O–H groups in total. The summed E-state index contributed by atoms with van der Waals surface area (Å²) in [5.41, 5.74) is 0.654. The van der Waals surface area contributed by atoms with Gasteiger partial charge >= 0.3 is 0 Å². The standard InChI is InChI=1S/C13H20N2O2/c1-11-4-7-15(8-5-11)9-6-12(17)14-13(2,3)10-16/h4-5,7-8,16H,6,9-10H2,1-3H3/p+1. The van der Waals surface area contributed by atoms with Crippen LogP contribution in [0.1, 0.15) is 25.8 Å². The third kappa shape index (κ3) is 4.95. The number of hydrogen-bond donors (Lipinski definition) is 2. The first-order chi connectivity index (χ1) is 7.93. The monoisotopic (exact) mass is 237 g/mol. The number of carbonyl (C=O) groups excluding carboxylic acids is 1. The van der Waals surface area contributed by atoms with Crippen molar-refractivity contribution in [2.24, 2.45) is 0 Å². The average Bonchev–Trinajstić information content (AvgIpc) is 2.28. The minimum absolute atomic E-state index is 0.0443. The molecule has 4 heteroatoms. The topological polar surface area (TPSA) is 53.2 Å². The van der Waals surface area contributed by atoms with Crippen LogP contribution in [0.4, 0.5) is 0 Å². The van der Waals surface area contributed by atoms with Crippen molar-refractivity contribution in [3.63, 3.8) is 0 Å². The number of aryl methyl sites for hydroxylation is 2. The van der Waals surface area contributed by atoms with E-state index in [0.717, 1.165) is 0 Å². The van der Waals surface area contributed by atoms with Crippen LogP contribution in [0.5, 0.6) is 0 Å². The molecule has 1 heterocycles. The highest BCUT2D eigenvalue weighted by molar-refractivity contribution is 5.76. The molecule has 0 atom stereocenters. The SMILES string of the molecule is Cc1cc[n+](CCC(=O)NC(C)(C)CO)cc1. The van der Waals surface area contributed by atoms with Gasteiger partial charge in [0.2, 0.25) is 5.91 Å². The van der Waals surface area contributed by atoms with E-state index in [0.29, 0.717) is 13.0 Å². The van der Waals surface area contributed by atoms with Crippen LogP contribution >= 0.6 is 0 Å². The molecular formula is C13H21N2O2+. The van der Waals surface area contributed by atoms with Gasteiger partial charge in [0.25, 0.3) is 0 Å². The Labute approximate surface area is 102 Å². The van der Waals surface area contributed by atoms with Crippen LogP contribution in [0.2, 0.25) is 0 Å². The smallest absolute Gasteiger partial charge is 0.226 e. The van der Waals surface area contributed by atoms with E-state index in [1.807, 2.05) is 36.0 Å². The lowest BCUT2D eigenvalue weighted by atomic mass is 10.1. The normalized spacial score (nSPS) is 11.3. The predicted molar refractivity (Wildman–Crippen MR) is 65.3 cm³/mol. The van der Waals surface area contributed by atoms with Crippen molar-refractivity contribution in [1.29, 1.82) is 0 Å². The lowest BCUT2D eigenvalue weighted by Gasteiger charge is -2.22. The summed E-state index contributed by atoms with van der Waals surface area (Å²) in [5.74, 6) is -0.0443. The van der Waals surface area contributed by atoms with Crippen LogP contribution in [0.15, 0.2) is 24.5 Å². The maximum absolute atomic E-state index is 11.6. The highest BCUT2D eigenvalue weighted by Crippen LogP contribution is 2.00. The van der Waals surface area contributed by atoms with Crippen LogP contribution in [0, 0.1) is 6.92 Å². The maximum Gasteiger partial charge on any atom is 0.226 e. The highest BCUT2D eigenvalue weighted by Gasteiger charge is 2.19. The summed E-state index contributed by atoms with van der Waals surface area (Å²) in [7, 11) is 0. The number of carbonyl (C=O) groups is 1. The van der Waals surface area contributed by atoms with Crippen molar-refractivity contribution in [3.8, 4) is 0 Å². The predicted octanol–water partition coefficient (Wildman–Crippen LogP) is 0.560. The second kappa shape index (κ2) is 5.77. The average molecular weight is 237 g/mol. The minimum Gasteiger partial charge on any atom is -0.394 e. The molecule has 0 aliphatic rings. The van der Waals surface area contributed by atoms with E-state index in [1.54, 1.807) is 13.8 Å². The Hall–Kier alpha value is -1.42. The van der Waals surface area contributed by atoms with E-state index in [1.165, 1.54) is 5.56 Å². The van der Waals surface area contributed by atoms with Gasteiger partial charge < -0.3 is 10.4 Å². The fourth-order valence-corrected chi connectivity index (χ4v) is 1.39. The number of pyridine rings is 1. The summed E-state index contributed by atoms with van der Waals surface area (Å²) >= 11 is 0. The molecule has 1 rings (SSSR count). The van der Waals surface area contributed by atoms with Gasteiger partial charge in [0, 0.05) is 12.1 Å². The van der Waals surface area contributed by atoms with E-state index in [9.17, 15) is 4.79 Å². The van der Waals surface area contributed by atoms with Crippen LogP contribution in [-0.2, 0) is 11.3 Å². The molecule has 0 unspecified atom stereocenters. The van der Waals surface area contributed by atoms with E-state index >= 15 is 0 Å². The number of aliphatic hydroxyl groups excluding tert-OH is 1. The Morgan fingerprint density at radius 3 is 2.53 bits per heavy atom. The number of aromatic nitrogens is 1. The Balaban J connectivity index is 2.41. The van der Waals surface area contributed by atoms with Gasteiger partial charge in [0.1, 0.15) is 0 Å². The molecule has 0 saturated heterocycles. The summed E-state index contributed by atoms with van der Waals surface area (Å²) in [6.45, 7) is 6.21. The van der Waals surface area contributed by atoms with Crippen molar-refractivity contribution in [2.45, 2.75) is 39.3 Å². The molecule has 0 spiro atoms. The fraction of sp³-hybridized carbons (Fsp3) is 0.538. The van der Waals surface area contributed by atoms with Crippen molar-refractivity contribution < 1.29 is 14.5 Å². The molecule has 94 valence electrons. The molecule has 4 nitrogen and oxygen atoms in total. The Kier molecular flexibility index (Phi) is 4.63. The van der Waals surface area contributed by atoms with Crippen LogP contribution < -0.4 is 9.88 Å². The first-order valence-corrected chi connectivity index (χ1v) is 5.80. The largest absolute Gasteiger partial charge is 0.394 e. The zero-order valence-corrected chi connectivity index (χ0v) is 10.7. The van der Waals surface area contributed by atoms with Gasteiger partial charge in [-0.05, 0) is 26.3 Å². The van der Waals surface area contributed by atoms with Gasteiger partial charge in [-0.3, -0.25) is 4.79 Å². The van der Waals surface area contributed by atoms with Crippen molar-refractivity contribution in [3.05, 3.63) is 30.1 Å². The molecular weight excluding hydrogens is 216 g/mol. The number of nitrogens with one attached hydrogen (secondary N) is 1. The molecule has 0 aliphatic heterocycles. The number of hydrogen-bond acceptors (Lipinski definition) is 2. The number of amides is 1. The molecule has 1 amide bonds. The zero-order chi connectivity index (χ0) is 12.9. The van der Waals surface area contributed by atoms with Crippen molar-refractivity contribution in [2.75, 3.05) is 6.61 Å². The second-order valence-corrected chi connectivity index (χ2v) is 4.95. The van der Waals surface area contributed by atoms with Gasteiger partial charge in [0.05, 0.1) is 18.6 Å². The minimum atomic E-state index is -0.547. The van der Waals surface area contributed by atoms with Crippen molar-refractivity contribution >= 4 is 5.91 Å². The van der Waals surface area contributed by atoms with Gasteiger partial charge in [-0.15, -0.1) is 0 Å². The number of nitrogens with zero attached hydrogens (tertiary/aromatic N) is 1. The lowest BCUT2D eigenvalue weighted by Crippen LogP contribution is -2.47. The fourth-order valence-electron chi connectivity index (χ4n) is 1.39. The summed E-state index contributed by atoms with van der Waals surface area (Å²) in [5, 5.41) is 11.8. The zero-order valence-electron chi connectivity index (χ0n) is 10.7. The maximum atomic E-state index is 11.6. The molecule has 0 fully saturated rings. The number of aliphatic hydroxyl groups is 1. The molecule has 0 bridgehead atoms. The summed E-state index contributed by atoms with van der Waals surface area (Å²) in [6, 6.07) is 4.02. The molecule has 0 radical (unpaired) electrons. The van der Waals surface area contributed by atoms with Crippen LogP contribution in [0.25, 0.3) is 0 Å². The van der Waals surface area contributed by atoms with Gasteiger partial charge in [-0.1, -0.05) is 0 Å². The third-order valence-electron chi connectivity index (χ3n) is 2.53. The summed E-state index contributed by atoms with van der Waals surface area (Å²) in [4.78, 5) is 11.6. The lowest BCUT2D eigenvalue weighted by molar-refractivity contribution is -0.695. The first kappa shape index (κ1) is 13.6. The molecule has 17 heavy (non-hydrogen) atoms. The van der Waals surface area contributed by atoms with Crippen LogP contribution in [-0.4, -0.2) is 23.2 Å². The molecule has 0 aliphatic carbocycles. The van der Waals surface area contributed by atoms with Crippen molar-refractivity contribution in [1.82, 2.24) is 5.32 Å². The summed E-state index contributed by atoms with van der Waals surface area (Å²) in [6.07, 6.45) is 4.33. The molecule has 0 saturated carbocycles. The van der Waals surface area contributed by atoms with E-state index in [2.05, 4.69) is 5.32 Å². The Bertz CT molecular complexity index is 372. The van der Waals surface area contributed by atoms with E-state index < -0.39 is 5.54 Å². The molecule has 1 aromatic heterocycles. The number of rotatable bonds is 5. The summed E-state index contributed by atoms with van der Waals surface area (Å²) < 4.78 is 1.97. The van der Waals surface area contributed by atoms with Gasteiger partial charge in [-0.25, -0.2) is 4.57 Å². The first-order valence-electron chi connectivity index (χ1n) is 5.80. The van der Waals surface area contributed by atoms with Crippen LogP contribution in [0.3, 0.4) is 0 Å². The van der Waals surface area contributed by atoms with E-state index in [-0.39, 0.29) is 12.5 Å². The van der Waals surface area contributed by atoms with E-state index in [4.69, 9.17) is 5.11 Å². The Morgan fingerprint density at radius 1 is 1.41 bits per heavy atom. The molecule has 1 aromatic rings. The van der Waals surface area contributed by atoms with Gasteiger partial charge in [-0.2, -0.15) is 0 Å². The quantitative estimate of drug-likeness (QED) is 0.735. The Morgan fingerprint density at radius 2 is 2.00 bits per heavy atom. The third-order valence-corrected chi connectivity index (χ3v) is 2.53. The molecule has 0 aromatic carbocycles. The highest BCUT2D eigenvalue weighted by atomic mass is 16.3.